The van der Waals surface area contributed by atoms with Crippen molar-refractivity contribution in [3.8, 4) is 34.5 Å². The summed E-state index contributed by atoms with van der Waals surface area (Å²) >= 11 is 0. The standard InChI is InChI=1S/C47H46O27/c1-61-42(55)47(60)21-34(68-36(50)15-9-25-6-12-28(66-39(53)23-48)31(18-25)67-40(54)24-49)41(74-38(52)17-11-27-8-14-30(71-44(57)63-3)33(20-27)73-46(59)65-5)35(22-47)69-37(51)16-10-26-7-13-29(70-43(56)62-2)32(19-26)72-45(58)64-4/h6-9,11-15,17-20,34-35,41,48-49,60H,10,16,21-24H2,1-5H3/b15-9+,17-11+/t34-,35-,41-,47+/m1/s1. The van der Waals surface area contributed by atoms with Gasteiger partial charge in [0.15, 0.2) is 46.2 Å². The normalized spacial score (nSPS) is 16.8. The van der Waals surface area contributed by atoms with Crippen LogP contribution in [0, 0.1) is 0 Å². The SMILES string of the molecule is COC(=O)Oc1ccc(/C=C/C(=O)O[C@@H]2[C@H](OC(=O)/C=C/c3ccc(OC(=O)CO)c(OC(=O)CO)c3)C[C@@](O)(C(=O)OC)C[C@H]2OC(=O)CCc2ccc(OC(=O)OC)c(OC(=O)OC)c2)cc1OC(=O)OC. The van der Waals surface area contributed by atoms with E-state index in [1.54, 1.807) is 0 Å². The Morgan fingerprint density at radius 1 is 0.500 bits per heavy atom. The molecule has 74 heavy (non-hydrogen) atoms. The highest BCUT2D eigenvalue weighted by atomic mass is 16.8. The van der Waals surface area contributed by atoms with Gasteiger partial charge in [0.2, 0.25) is 0 Å². The summed E-state index contributed by atoms with van der Waals surface area (Å²) in [4.78, 5) is 125. The van der Waals surface area contributed by atoms with Crippen LogP contribution in [-0.2, 0) is 73.1 Å². The number of aryl methyl sites for hydroxylation is 1. The van der Waals surface area contributed by atoms with Gasteiger partial charge in [-0.05, 0) is 71.7 Å². The van der Waals surface area contributed by atoms with Crippen LogP contribution in [0.3, 0.4) is 0 Å². The zero-order chi connectivity index (χ0) is 54.5. The summed E-state index contributed by atoms with van der Waals surface area (Å²) in [5.41, 5.74) is -2.07. The predicted molar refractivity (Wildman–Crippen MR) is 239 cm³/mol. The average Bonchev–Trinajstić information content (AvgIpc) is 3.38. The van der Waals surface area contributed by atoms with Crippen molar-refractivity contribution < 1.29 is 130 Å². The first kappa shape index (κ1) is 57.5. The fourth-order valence-corrected chi connectivity index (χ4v) is 6.40. The molecule has 0 saturated heterocycles. The van der Waals surface area contributed by atoms with Gasteiger partial charge in [0, 0.05) is 31.4 Å². The van der Waals surface area contributed by atoms with Gasteiger partial charge in [0.25, 0.3) is 0 Å². The van der Waals surface area contributed by atoms with Crippen LogP contribution in [0.2, 0.25) is 0 Å². The highest BCUT2D eigenvalue weighted by molar-refractivity contribution is 5.89. The lowest BCUT2D eigenvalue weighted by Gasteiger charge is -2.42. The summed E-state index contributed by atoms with van der Waals surface area (Å²) in [6, 6.07) is 11.0. The van der Waals surface area contributed by atoms with Crippen molar-refractivity contribution in [1.82, 2.24) is 0 Å². The van der Waals surface area contributed by atoms with Crippen LogP contribution in [-0.4, -0.2) is 148 Å². The Hall–Kier alpha value is -9.08. The van der Waals surface area contributed by atoms with Crippen molar-refractivity contribution >= 4 is 72.6 Å². The smallest absolute Gasteiger partial charge is 0.467 e. The molecule has 1 fully saturated rings. The Labute approximate surface area is 417 Å². The molecule has 4 rings (SSSR count). The number of hydrogen-bond acceptors (Lipinski definition) is 27. The maximum atomic E-state index is 13.6. The van der Waals surface area contributed by atoms with Crippen LogP contribution in [0.15, 0.2) is 66.7 Å². The van der Waals surface area contributed by atoms with Gasteiger partial charge in [0.05, 0.1) is 35.5 Å². The van der Waals surface area contributed by atoms with Crippen LogP contribution in [0.25, 0.3) is 12.2 Å². The van der Waals surface area contributed by atoms with Crippen molar-refractivity contribution in [1.29, 1.82) is 0 Å². The molecule has 0 unspecified atom stereocenters. The number of aliphatic hydroxyl groups is 3. The van der Waals surface area contributed by atoms with E-state index in [9.17, 15) is 58.2 Å². The van der Waals surface area contributed by atoms with Gasteiger partial charge in [-0.25, -0.2) is 43.2 Å². The fourth-order valence-electron chi connectivity index (χ4n) is 6.40. The van der Waals surface area contributed by atoms with Gasteiger partial charge in [-0.15, -0.1) is 0 Å². The van der Waals surface area contributed by atoms with Crippen molar-refractivity contribution in [2.45, 2.75) is 49.6 Å². The topological polar surface area (TPSA) is 361 Å². The first-order valence-electron chi connectivity index (χ1n) is 21.1. The molecule has 0 bridgehead atoms. The Kier molecular flexibility index (Phi) is 21.4. The summed E-state index contributed by atoms with van der Waals surface area (Å²) in [6.07, 6.45) is -8.57. The van der Waals surface area contributed by atoms with Crippen molar-refractivity contribution in [2.24, 2.45) is 0 Å². The third kappa shape index (κ3) is 17.1. The number of rotatable bonds is 19. The molecule has 396 valence electrons. The maximum Gasteiger partial charge on any atom is 0.513 e. The Bertz CT molecular complexity index is 2650. The van der Waals surface area contributed by atoms with Crippen LogP contribution in [0.4, 0.5) is 19.2 Å². The summed E-state index contributed by atoms with van der Waals surface area (Å²) in [5.74, 6) is -9.07. The monoisotopic (exact) mass is 1040 g/mol. The first-order chi connectivity index (χ1) is 35.3. The molecule has 0 aromatic heterocycles. The molecule has 0 aliphatic heterocycles. The highest BCUT2D eigenvalue weighted by Crippen LogP contribution is 2.37. The third-order valence-corrected chi connectivity index (χ3v) is 9.71. The van der Waals surface area contributed by atoms with Gasteiger partial charge in [-0.3, -0.25) is 4.79 Å². The molecule has 3 aromatic rings. The molecule has 0 radical (unpaired) electrons. The van der Waals surface area contributed by atoms with E-state index >= 15 is 0 Å². The highest BCUT2D eigenvalue weighted by Gasteiger charge is 2.55. The zero-order valence-electron chi connectivity index (χ0n) is 39.6. The van der Waals surface area contributed by atoms with E-state index in [0.29, 0.717) is 5.56 Å². The fraction of sp³-hybridized carbons (Fsp3) is 0.319. The summed E-state index contributed by atoms with van der Waals surface area (Å²) in [7, 11) is 5.01. The van der Waals surface area contributed by atoms with Gasteiger partial charge in [0.1, 0.15) is 25.4 Å². The minimum absolute atomic E-state index is 0.0840. The van der Waals surface area contributed by atoms with E-state index in [1.807, 2.05) is 0 Å². The van der Waals surface area contributed by atoms with Crippen LogP contribution >= 0.6 is 0 Å². The Morgan fingerprint density at radius 2 is 0.905 bits per heavy atom. The van der Waals surface area contributed by atoms with Gasteiger partial charge < -0.3 is 81.6 Å². The summed E-state index contributed by atoms with van der Waals surface area (Å²) in [5, 5.41) is 29.9. The molecule has 3 aromatic carbocycles. The number of hydrogen-bond donors (Lipinski definition) is 3. The molecule has 4 atom stereocenters. The number of carbonyl (C=O) groups is 10. The molecular formula is C47H46O27. The number of benzene rings is 3. The second-order valence-corrected chi connectivity index (χ2v) is 14.7. The minimum atomic E-state index is -2.57. The minimum Gasteiger partial charge on any atom is -0.467 e. The van der Waals surface area contributed by atoms with E-state index < -0.39 is 123 Å². The number of carbonyl (C=O) groups excluding carboxylic acids is 10. The molecule has 0 heterocycles. The quantitative estimate of drug-likeness (QED) is 0.0511. The van der Waals surface area contributed by atoms with Crippen molar-refractivity contribution in [3.63, 3.8) is 0 Å². The molecule has 3 N–H and O–H groups in total. The number of aliphatic hydroxyl groups excluding tert-OH is 2. The Morgan fingerprint density at radius 3 is 1.38 bits per heavy atom. The molecule has 27 nitrogen and oxygen atoms in total. The second kappa shape index (κ2) is 27.5. The molecule has 27 heteroatoms. The van der Waals surface area contributed by atoms with E-state index in [0.717, 1.165) is 78.1 Å². The van der Waals surface area contributed by atoms with E-state index in [1.165, 1.54) is 36.4 Å². The largest absolute Gasteiger partial charge is 0.513 e. The molecule has 1 aliphatic rings. The van der Waals surface area contributed by atoms with Crippen LogP contribution < -0.4 is 28.4 Å². The lowest BCUT2D eigenvalue weighted by Crippen LogP contribution is -2.59. The second-order valence-electron chi connectivity index (χ2n) is 14.7. The van der Waals surface area contributed by atoms with E-state index in [-0.39, 0.29) is 46.3 Å². The summed E-state index contributed by atoms with van der Waals surface area (Å²) in [6.45, 7) is -2.12. The van der Waals surface area contributed by atoms with E-state index in [2.05, 4.69) is 18.9 Å². The predicted octanol–water partition coefficient (Wildman–Crippen LogP) is 2.86. The Balaban J connectivity index is 1.70. The van der Waals surface area contributed by atoms with Gasteiger partial charge in [-0.2, -0.15) is 0 Å². The average molecular weight is 1040 g/mol. The van der Waals surface area contributed by atoms with Crippen LogP contribution in [0.1, 0.15) is 36.0 Å². The van der Waals surface area contributed by atoms with Gasteiger partial charge in [-0.1, -0.05) is 18.2 Å². The maximum absolute atomic E-state index is 13.6. The third-order valence-electron chi connectivity index (χ3n) is 9.71. The van der Waals surface area contributed by atoms with Crippen molar-refractivity contribution in [3.05, 3.63) is 83.4 Å². The molecular weight excluding hydrogens is 996 g/mol. The molecule has 0 amide bonds. The van der Waals surface area contributed by atoms with Crippen molar-refractivity contribution in [2.75, 3.05) is 48.8 Å². The molecule has 1 aliphatic carbocycles. The first-order valence-corrected chi connectivity index (χ1v) is 21.1. The number of esters is 6. The number of methoxy groups -OCH3 is 5. The van der Waals surface area contributed by atoms with E-state index in [4.69, 9.17) is 52.5 Å². The summed E-state index contributed by atoms with van der Waals surface area (Å²) < 4.78 is 69.8. The van der Waals surface area contributed by atoms with Gasteiger partial charge >= 0.3 is 60.4 Å². The molecule has 0 spiro atoms. The zero-order valence-corrected chi connectivity index (χ0v) is 39.6. The van der Waals surface area contributed by atoms with Crippen LogP contribution in [0.5, 0.6) is 34.5 Å². The molecule has 1 saturated carbocycles. The lowest BCUT2D eigenvalue weighted by molar-refractivity contribution is -0.213. The lowest BCUT2D eigenvalue weighted by atomic mass is 9.79. The number of ether oxygens (including phenoxy) is 14.